The first kappa shape index (κ1) is 12.9. The summed E-state index contributed by atoms with van der Waals surface area (Å²) in [6, 6.07) is 5.93. The lowest BCUT2D eigenvalue weighted by Crippen LogP contribution is -2.34. The van der Waals surface area contributed by atoms with Gasteiger partial charge < -0.3 is 10.6 Å². The van der Waals surface area contributed by atoms with Gasteiger partial charge in [-0.05, 0) is 56.9 Å². The fourth-order valence-corrected chi connectivity index (χ4v) is 1.95. The molecule has 3 heteroatoms. The number of amides is 1. The van der Waals surface area contributed by atoms with Crippen LogP contribution in [0.5, 0.6) is 0 Å². The summed E-state index contributed by atoms with van der Waals surface area (Å²) in [6.07, 6.45) is 3.28. The number of nitrogens with one attached hydrogen (secondary N) is 2. The van der Waals surface area contributed by atoms with E-state index in [1.807, 2.05) is 25.1 Å². The second kappa shape index (κ2) is 5.01. The smallest absolute Gasteiger partial charge is 0.251 e. The van der Waals surface area contributed by atoms with Crippen molar-refractivity contribution in [2.45, 2.75) is 45.6 Å². The summed E-state index contributed by atoms with van der Waals surface area (Å²) in [5.41, 5.74) is 2.94. The van der Waals surface area contributed by atoms with Gasteiger partial charge in [0.2, 0.25) is 0 Å². The lowest BCUT2D eigenvalue weighted by molar-refractivity contribution is 0.0935. The maximum absolute atomic E-state index is 12.1. The third-order valence-corrected chi connectivity index (χ3v) is 3.47. The normalized spacial score (nSPS) is 16.2. The van der Waals surface area contributed by atoms with Crippen LogP contribution in [0.15, 0.2) is 18.2 Å². The molecule has 3 nitrogen and oxygen atoms in total. The van der Waals surface area contributed by atoms with Crippen LogP contribution < -0.4 is 10.6 Å². The molecular weight excluding hydrogens is 224 g/mol. The largest absolute Gasteiger partial charge is 0.385 e. The van der Waals surface area contributed by atoms with E-state index in [1.165, 1.54) is 0 Å². The third kappa shape index (κ3) is 3.03. The average molecular weight is 246 g/mol. The number of anilines is 1. The first-order chi connectivity index (χ1) is 8.54. The molecule has 98 valence electrons. The van der Waals surface area contributed by atoms with E-state index in [0.717, 1.165) is 42.6 Å². The fourth-order valence-electron chi connectivity index (χ4n) is 1.95. The molecule has 1 aliphatic carbocycles. The molecule has 0 atom stereocenters. The molecule has 1 aromatic rings. The van der Waals surface area contributed by atoms with Crippen molar-refractivity contribution in [3.05, 3.63) is 29.3 Å². The van der Waals surface area contributed by atoms with Gasteiger partial charge >= 0.3 is 0 Å². The molecule has 0 aromatic heterocycles. The highest BCUT2D eigenvalue weighted by molar-refractivity contribution is 5.96. The van der Waals surface area contributed by atoms with Crippen molar-refractivity contribution in [2.75, 3.05) is 11.9 Å². The summed E-state index contributed by atoms with van der Waals surface area (Å²) in [4.78, 5) is 12.1. The van der Waals surface area contributed by atoms with E-state index in [9.17, 15) is 4.79 Å². The molecule has 0 unspecified atom stereocenters. The van der Waals surface area contributed by atoms with Crippen LogP contribution in [0.4, 0.5) is 5.69 Å². The van der Waals surface area contributed by atoms with E-state index in [4.69, 9.17) is 0 Å². The molecule has 1 aromatic carbocycles. The molecule has 1 amide bonds. The third-order valence-electron chi connectivity index (χ3n) is 3.47. The molecule has 0 aliphatic heterocycles. The van der Waals surface area contributed by atoms with E-state index in [-0.39, 0.29) is 11.4 Å². The van der Waals surface area contributed by atoms with Crippen molar-refractivity contribution in [2.24, 2.45) is 0 Å². The zero-order valence-corrected chi connectivity index (χ0v) is 11.5. The predicted octanol–water partition coefficient (Wildman–Crippen LogP) is 3.10. The lowest BCUT2D eigenvalue weighted by Gasteiger charge is -2.14. The quantitative estimate of drug-likeness (QED) is 0.838. The van der Waals surface area contributed by atoms with Crippen molar-refractivity contribution >= 4 is 11.6 Å². The summed E-state index contributed by atoms with van der Waals surface area (Å²) in [5.74, 6) is 0.0505. The number of aryl methyl sites for hydroxylation is 1. The summed E-state index contributed by atoms with van der Waals surface area (Å²) >= 11 is 0. The number of hydrogen-bond donors (Lipinski definition) is 2. The molecule has 0 spiro atoms. The van der Waals surface area contributed by atoms with Crippen LogP contribution in [-0.2, 0) is 0 Å². The zero-order chi connectivity index (χ0) is 13.2. The molecule has 2 N–H and O–H groups in total. The Kier molecular flexibility index (Phi) is 3.60. The zero-order valence-electron chi connectivity index (χ0n) is 11.5. The van der Waals surface area contributed by atoms with Gasteiger partial charge in [0.05, 0.1) is 0 Å². The van der Waals surface area contributed by atoms with Gasteiger partial charge in [0.15, 0.2) is 0 Å². The first-order valence-corrected chi connectivity index (χ1v) is 6.71. The Bertz CT molecular complexity index is 450. The average Bonchev–Trinajstić information content (AvgIpc) is 3.04. The number of carbonyl (C=O) groups is 1. The number of benzene rings is 1. The maximum Gasteiger partial charge on any atom is 0.251 e. The second-order valence-electron chi connectivity index (χ2n) is 5.47. The van der Waals surface area contributed by atoms with E-state index in [1.54, 1.807) is 0 Å². The Hall–Kier alpha value is -1.51. The topological polar surface area (TPSA) is 41.1 Å². The number of rotatable bonds is 5. The van der Waals surface area contributed by atoms with Gasteiger partial charge in [-0.3, -0.25) is 4.79 Å². The Balaban J connectivity index is 2.06. The molecule has 1 saturated carbocycles. The van der Waals surface area contributed by atoms with Gasteiger partial charge in [-0.1, -0.05) is 6.92 Å². The molecule has 18 heavy (non-hydrogen) atoms. The molecular formula is C15H22N2O. The van der Waals surface area contributed by atoms with Crippen LogP contribution in [0.1, 0.15) is 49.0 Å². The van der Waals surface area contributed by atoms with E-state index < -0.39 is 0 Å². The van der Waals surface area contributed by atoms with Crippen LogP contribution in [0.2, 0.25) is 0 Å². The summed E-state index contributed by atoms with van der Waals surface area (Å²) in [6.45, 7) is 7.18. The highest BCUT2D eigenvalue weighted by Gasteiger charge is 2.38. The van der Waals surface area contributed by atoms with Gasteiger partial charge in [-0.2, -0.15) is 0 Å². The van der Waals surface area contributed by atoms with Crippen molar-refractivity contribution < 1.29 is 4.79 Å². The Morgan fingerprint density at radius 1 is 1.39 bits per heavy atom. The Labute approximate surface area is 109 Å². The fraction of sp³-hybridized carbons (Fsp3) is 0.533. The van der Waals surface area contributed by atoms with Gasteiger partial charge in [0.1, 0.15) is 0 Å². The van der Waals surface area contributed by atoms with Crippen LogP contribution >= 0.6 is 0 Å². The highest BCUT2D eigenvalue weighted by Crippen LogP contribution is 2.34. The van der Waals surface area contributed by atoms with Crippen LogP contribution in [0.3, 0.4) is 0 Å². The molecule has 1 aliphatic rings. The van der Waals surface area contributed by atoms with Crippen molar-refractivity contribution in [3.8, 4) is 0 Å². The molecule has 0 saturated heterocycles. The monoisotopic (exact) mass is 246 g/mol. The Morgan fingerprint density at radius 2 is 2.11 bits per heavy atom. The summed E-state index contributed by atoms with van der Waals surface area (Å²) in [5, 5.41) is 6.42. The van der Waals surface area contributed by atoms with Crippen LogP contribution in [0, 0.1) is 6.92 Å². The minimum atomic E-state index is 0.0443. The van der Waals surface area contributed by atoms with Gasteiger partial charge in [0, 0.05) is 23.3 Å². The Morgan fingerprint density at radius 3 is 2.67 bits per heavy atom. The first-order valence-electron chi connectivity index (χ1n) is 6.71. The van der Waals surface area contributed by atoms with Gasteiger partial charge in [-0.25, -0.2) is 0 Å². The van der Waals surface area contributed by atoms with Crippen molar-refractivity contribution in [1.29, 1.82) is 0 Å². The number of carbonyl (C=O) groups excluding carboxylic acids is 1. The van der Waals surface area contributed by atoms with E-state index >= 15 is 0 Å². The van der Waals surface area contributed by atoms with Crippen molar-refractivity contribution in [1.82, 2.24) is 5.32 Å². The molecule has 0 radical (unpaired) electrons. The molecule has 2 rings (SSSR count). The molecule has 0 heterocycles. The summed E-state index contributed by atoms with van der Waals surface area (Å²) < 4.78 is 0. The minimum Gasteiger partial charge on any atom is -0.385 e. The standard InChI is InChI=1S/C15H22N2O/c1-4-9-16-12-5-6-13(11(2)10-12)14(18)17-15(3)7-8-15/h5-6,10,16H,4,7-9H2,1-3H3,(H,17,18). The van der Waals surface area contributed by atoms with E-state index in [0.29, 0.717) is 0 Å². The minimum absolute atomic E-state index is 0.0443. The molecule has 0 bridgehead atoms. The SMILES string of the molecule is CCCNc1ccc(C(=O)NC2(C)CC2)c(C)c1. The number of hydrogen-bond acceptors (Lipinski definition) is 2. The second-order valence-corrected chi connectivity index (χ2v) is 5.47. The highest BCUT2D eigenvalue weighted by atomic mass is 16.1. The van der Waals surface area contributed by atoms with Gasteiger partial charge in [0.25, 0.3) is 5.91 Å². The molecule has 1 fully saturated rings. The van der Waals surface area contributed by atoms with Crippen LogP contribution in [-0.4, -0.2) is 18.0 Å². The van der Waals surface area contributed by atoms with Gasteiger partial charge in [-0.15, -0.1) is 0 Å². The summed E-state index contributed by atoms with van der Waals surface area (Å²) in [7, 11) is 0. The maximum atomic E-state index is 12.1. The van der Waals surface area contributed by atoms with Crippen LogP contribution in [0.25, 0.3) is 0 Å². The van der Waals surface area contributed by atoms with E-state index in [2.05, 4.69) is 24.5 Å². The van der Waals surface area contributed by atoms with Crippen molar-refractivity contribution in [3.63, 3.8) is 0 Å². The predicted molar refractivity (Wildman–Crippen MR) is 75.1 cm³/mol. The lowest BCUT2D eigenvalue weighted by atomic mass is 10.1.